The van der Waals surface area contributed by atoms with E-state index in [1.165, 1.54) is 37.3 Å². The average Bonchev–Trinajstić information content (AvgIpc) is 2.70. The molecule has 0 aliphatic carbocycles. The van der Waals surface area contributed by atoms with Crippen LogP contribution in [0.1, 0.15) is 20.8 Å². The number of carbonyl (C=O) groups is 2. The van der Waals surface area contributed by atoms with Crippen molar-refractivity contribution in [1.82, 2.24) is 0 Å². The topological polar surface area (TPSA) is 102 Å². The Balaban J connectivity index is 2.44. The van der Waals surface area contributed by atoms with Gasteiger partial charge in [0, 0.05) is 18.7 Å². The largest absolute Gasteiger partial charge is 0.489 e. The molecule has 0 aliphatic rings. The van der Waals surface area contributed by atoms with Gasteiger partial charge in [-0.3, -0.25) is 13.9 Å². The van der Waals surface area contributed by atoms with Gasteiger partial charge in [0.25, 0.3) is 10.0 Å². The van der Waals surface area contributed by atoms with Gasteiger partial charge in [0.15, 0.2) is 0 Å². The van der Waals surface area contributed by atoms with Crippen LogP contribution in [-0.2, 0) is 24.3 Å². The molecule has 1 N–H and O–H groups in total. The molecule has 0 saturated carbocycles. The highest BCUT2D eigenvalue weighted by atomic mass is 32.2. The molecule has 0 unspecified atom stereocenters. The fourth-order valence-electron chi connectivity index (χ4n) is 2.66. The van der Waals surface area contributed by atoms with Gasteiger partial charge in [0.2, 0.25) is 5.91 Å². The van der Waals surface area contributed by atoms with Crippen molar-refractivity contribution >= 4 is 33.3 Å². The van der Waals surface area contributed by atoms with Crippen LogP contribution in [0.2, 0.25) is 0 Å². The van der Waals surface area contributed by atoms with Gasteiger partial charge in [-0.25, -0.2) is 8.42 Å². The van der Waals surface area contributed by atoms with Crippen molar-refractivity contribution in [2.24, 2.45) is 0 Å². The van der Waals surface area contributed by atoms with E-state index < -0.39 is 28.6 Å². The number of amides is 1. The number of nitrogens with zero attached hydrogens (tertiary/aromatic N) is 1. The first-order valence-corrected chi connectivity index (χ1v) is 11.0. The maximum absolute atomic E-state index is 13.4. The van der Waals surface area contributed by atoms with Crippen LogP contribution in [0.5, 0.6) is 5.75 Å². The molecular weight excluding hydrogens is 420 g/mol. The molecule has 0 bridgehead atoms. The minimum absolute atomic E-state index is 0.0450. The third-order valence-electron chi connectivity index (χ3n) is 3.88. The monoisotopic (exact) mass is 446 g/mol. The van der Waals surface area contributed by atoms with E-state index in [4.69, 9.17) is 9.47 Å². The predicted molar refractivity (Wildman–Crippen MR) is 119 cm³/mol. The Labute approximate surface area is 182 Å². The van der Waals surface area contributed by atoms with Crippen LogP contribution in [0.25, 0.3) is 0 Å². The number of hydrogen-bond donors (Lipinski definition) is 1. The number of hydrogen-bond acceptors (Lipinski definition) is 6. The number of anilines is 2. The fraction of sp³-hybridized carbons (Fsp3) is 0.273. The van der Waals surface area contributed by atoms with E-state index in [1.807, 2.05) is 0 Å². The molecule has 166 valence electrons. The summed E-state index contributed by atoms with van der Waals surface area (Å²) < 4.78 is 38.4. The molecule has 0 heterocycles. The number of rotatable bonds is 10. The molecule has 0 aromatic heterocycles. The van der Waals surface area contributed by atoms with Gasteiger partial charge in [-0.05, 0) is 50.2 Å². The van der Waals surface area contributed by atoms with Crippen molar-refractivity contribution in [3.8, 4) is 5.75 Å². The minimum Gasteiger partial charge on any atom is -0.489 e. The van der Waals surface area contributed by atoms with Crippen molar-refractivity contribution in [3.05, 3.63) is 61.2 Å². The van der Waals surface area contributed by atoms with Crippen LogP contribution in [0.3, 0.4) is 0 Å². The van der Waals surface area contributed by atoms with Crippen LogP contribution >= 0.6 is 0 Å². The maximum Gasteiger partial charge on any atom is 0.327 e. The zero-order valence-corrected chi connectivity index (χ0v) is 18.5. The zero-order valence-electron chi connectivity index (χ0n) is 17.7. The molecule has 0 atom stereocenters. The number of nitrogens with one attached hydrogen (secondary N) is 1. The summed E-state index contributed by atoms with van der Waals surface area (Å²) in [5, 5.41) is 2.58. The van der Waals surface area contributed by atoms with Gasteiger partial charge in [0.05, 0.1) is 16.7 Å². The Morgan fingerprint density at radius 2 is 1.84 bits per heavy atom. The summed E-state index contributed by atoms with van der Waals surface area (Å²) in [4.78, 5) is 23.5. The maximum atomic E-state index is 13.4. The minimum atomic E-state index is -4.12. The lowest BCUT2D eigenvalue weighted by Gasteiger charge is -2.24. The quantitative estimate of drug-likeness (QED) is 0.444. The molecule has 0 radical (unpaired) electrons. The summed E-state index contributed by atoms with van der Waals surface area (Å²) in [6.07, 6.45) is 1.17. The molecule has 31 heavy (non-hydrogen) atoms. The fourth-order valence-corrected chi connectivity index (χ4v) is 4.06. The SMILES string of the molecule is C=CCOc1cccc(N(CC(=O)OC(C)C)S(=O)(=O)c2ccc(NC(C)=O)cc2)c1. The van der Waals surface area contributed by atoms with Crippen molar-refractivity contribution in [2.45, 2.75) is 31.8 Å². The summed E-state index contributed by atoms with van der Waals surface area (Å²) in [5.41, 5.74) is 0.699. The number of carbonyl (C=O) groups excluding carboxylic acids is 2. The van der Waals surface area contributed by atoms with E-state index in [0.717, 1.165) is 4.31 Å². The lowest BCUT2D eigenvalue weighted by molar-refractivity contribution is -0.145. The molecule has 9 heteroatoms. The lowest BCUT2D eigenvalue weighted by Crippen LogP contribution is -2.37. The molecule has 2 aromatic carbocycles. The number of ether oxygens (including phenoxy) is 2. The van der Waals surface area contributed by atoms with E-state index >= 15 is 0 Å². The first-order chi connectivity index (χ1) is 14.6. The van der Waals surface area contributed by atoms with Gasteiger partial charge in [-0.2, -0.15) is 0 Å². The Hall–Kier alpha value is -3.33. The Bertz CT molecular complexity index is 1030. The Morgan fingerprint density at radius 1 is 1.16 bits per heavy atom. The Kier molecular flexibility index (Phi) is 8.21. The number of benzene rings is 2. The van der Waals surface area contributed by atoms with Gasteiger partial charge in [0.1, 0.15) is 18.9 Å². The highest BCUT2D eigenvalue weighted by Crippen LogP contribution is 2.28. The van der Waals surface area contributed by atoms with Crippen LogP contribution in [0, 0.1) is 0 Å². The number of esters is 1. The third kappa shape index (κ3) is 6.85. The Morgan fingerprint density at radius 3 is 2.42 bits per heavy atom. The summed E-state index contributed by atoms with van der Waals surface area (Å²) in [7, 11) is -4.12. The number of sulfonamides is 1. The van der Waals surface area contributed by atoms with Gasteiger partial charge in [-0.15, -0.1) is 0 Å². The average molecular weight is 447 g/mol. The van der Waals surface area contributed by atoms with Gasteiger partial charge >= 0.3 is 5.97 Å². The smallest absolute Gasteiger partial charge is 0.327 e. The predicted octanol–water partition coefficient (Wildman–Crippen LogP) is 3.36. The molecule has 2 rings (SSSR count). The van der Waals surface area contributed by atoms with E-state index in [-0.39, 0.29) is 23.1 Å². The van der Waals surface area contributed by atoms with Gasteiger partial charge < -0.3 is 14.8 Å². The molecule has 2 aromatic rings. The molecular formula is C22H26N2O6S. The first kappa shape index (κ1) is 23.9. The second kappa shape index (κ2) is 10.6. The van der Waals surface area contributed by atoms with Crippen molar-refractivity contribution in [2.75, 3.05) is 22.8 Å². The normalized spacial score (nSPS) is 11.0. The lowest BCUT2D eigenvalue weighted by atomic mass is 10.3. The third-order valence-corrected chi connectivity index (χ3v) is 5.66. The summed E-state index contributed by atoms with van der Waals surface area (Å²) in [5.74, 6) is -0.535. The van der Waals surface area contributed by atoms with Crippen molar-refractivity contribution in [3.63, 3.8) is 0 Å². The van der Waals surface area contributed by atoms with Crippen LogP contribution in [0.15, 0.2) is 66.1 Å². The second-order valence-electron chi connectivity index (χ2n) is 6.85. The molecule has 0 fully saturated rings. The van der Waals surface area contributed by atoms with E-state index in [0.29, 0.717) is 11.4 Å². The molecule has 0 aliphatic heterocycles. The summed E-state index contributed by atoms with van der Waals surface area (Å²) in [6.45, 7) is 8.04. The van der Waals surface area contributed by atoms with Crippen LogP contribution in [-0.4, -0.2) is 39.5 Å². The first-order valence-electron chi connectivity index (χ1n) is 9.57. The molecule has 0 saturated heterocycles. The highest BCUT2D eigenvalue weighted by Gasteiger charge is 2.28. The van der Waals surface area contributed by atoms with Crippen LogP contribution < -0.4 is 14.4 Å². The molecule has 0 spiro atoms. The van der Waals surface area contributed by atoms with E-state index in [2.05, 4.69) is 11.9 Å². The van der Waals surface area contributed by atoms with Crippen molar-refractivity contribution < 1.29 is 27.5 Å². The standard InChI is InChI=1S/C22H26N2O6S/c1-5-13-29-20-8-6-7-19(14-20)24(15-22(26)30-16(2)3)31(27,28)21-11-9-18(10-12-21)23-17(4)25/h5-12,14,16H,1,13,15H2,2-4H3,(H,23,25). The zero-order chi connectivity index (χ0) is 23.0. The van der Waals surface area contributed by atoms with E-state index in [9.17, 15) is 18.0 Å². The summed E-state index contributed by atoms with van der Waals surface area (Å²) >= 11 is 0. The van der Waals surface area contributed by atoms with Gasteiger partial charge in [-0.1, -0.05) is 18.7 Å². The molecule has 8 nitrogen and oxygen atoms in total. The van der Waals surface area contributed by atoms with Crippen molar-refractivity contribution in [1.29, 1.82) is 0 Å². The highest BCUT2D eigenvalue weighted by molar-refractivity contribution is 7.92. The molecule has 1 amide bonds. The van der Waals surface area contributed by atoms with E-state index in [1.54, 1.807) is 38.1 Å². The van der Waals surface area contributed by atoms with Crippen LogP contribution in [0.4, 0.5) is 11.4 Å². The summed E-state index contributed by atoms with van der Waals surface area (Å²) in [6, 6.07) is 12.1. The second-order valence-corrected chi connectivity index (χ2v) is 8.72.